The smallest absolute Gasteiger partial charge is 0.0640 e. The highest BCUT2D eigenvalue weighted by Crippen LogP contribution is 2.30. The van der Waals surface area contributed by atoms with Gasteiger partial charge in [0.2, 0.25) is 0 Å². The number of nitrogens with one attached hydrogen (secondary N) is 2. The molecule has 22 heavy (non-hydrogen) atoms. The fourth-order valence-electron chi connectivity index (χ4n) is 2.91. The van der Waals surface area contributed by atoms with E-state index >= 15 is 0 Å². The minimum atomic E-state index is 0. The Morgan fingerprint density at radius 2 is 1.77 bits per heavy atom. The molecule has 2 N–H and O–H groups in total. The summed E-state index contributed by atoms with van der Waals surface area (Å²) in [6.07, 6.45) is 3.14. The molecule has 4 heteroatoms. The normalized spacial score (nSPS) is 13.7. The highest BCUT2D eigenvalue weighted by Gasteiger charge is 2.14. The first-order chi connectivity index (χ1) is 10.3. The molecule has 0 unspecified atom stereocenters. The molecular formula is C18H22Cl2N2. The fourth-order valence-corrected chi connectivity index (χ4v) is 3.16. The Morgan fingerprint density at radius 1 is 1.00 bits per heavy atom. The fraction of sp³-hybridized carbons (Fsp3) is 0.333. The molecule has 118 valence electrons. The van der Waals surface area contributed by atoms with Crippen molar-refractivity contribution in [1.29, 1.82) is 0 Å². The minimum Gasteiger partial charge on any atom is -0.383 e. The molecule has 2 nitrogen and oxygen atoms in total. The maximum absolute atomic E-state index is 6.41. The van der Waals surface area contributed by atoms with Crippen molar-refractivity contribution < 1.29 is 0 Å². The van der Waals surface area contributed by atoms with Gasteiger partial charge in [0, 0.05) is 6.54 Å². The second kappa shape index (κ2) is 8.42. The van der Waals surface area contributed by atoms with E-state index in [1.54, 1.807) is 0 Å². The van der Waals surface area contributed by atoms with E-state index < -0.39 is 0 Å². The molecule has 0 fully saturated rings. The summed E-state index contributed by atoms with van der Waals surface area (Å²) in [5.74, 6) is 0. The van der Waals surface area contributed by atoms with Crippen LogP contribution in [0.2, 0.25) is 5.02 Å². The molecule has 0 aliphatic carbocycles. The van der Waals surface area contributed by atoms with Crippen LogP contribution in [0.15, 0.2) is 42.5 Å². The largest absolute Gasteiger partial charge is 0.383 e. The molecule has 0 saturated carbocycles. The van der Waals surface area contributed by atoms with E-state index in [1.165, 1.54) is 16.7 Å². The first kappa shape index (κ1) is 17.1. The van der Waals surface area contributed by atoms with Gasteiger partial charge in [-0.3, -0.25) is 0 Å². The average molecular weight is 337 g/mol. The third-order valence-corrected chi connectivity index (χ3v) is 4.36. The molecule has 2 aromatic rings. The van der Waals surface area contributed by atoms with Gasteiger partial charge in [0.1, 0.15) is 0 Å². The van der Waals surface area contributed by atoms with Crippen LogP contribution in [0.3, 0.4) is 0 Å². The van der Waals surface area contributed by atoms with E-state index in [-0.39, 0.29) is 12.4 Å². The van der Waals surface area contributed by atoms with Gasteiger partial charge >= 0.3 is 0 Å². The van der Waals surface area contributed by atoms with Gasteiger partial charge in [0.15, 0.2) is 0 Å². The van der Waals surface area contributed by atoms with Crippen molar-refractivity contribution in [1.82, 2.24) is 5.32 Å². The zero-order valence-electron chi connectivity index (χ0n) is 12.6. The SMILES string of the molecule is Cl.Clc1ccc2c(c1NCCc1ccccc1)CCNCC2. The quantitative estimate of drug-likeness (QED) is 0.878. The number of hydrogen-bond donors (Lipinski definition) is 2. The van der Waals surface area contributed by atoms with Crippen molar-refractivity contribution in [3.63, 3.8) is 0 Å². The Kier molecular flexibility index (Phi) is 6.56. The van der Waals surface area contributed by atoms with Gasteiger partial charge < -0.3 is 10.6 Å². The van der Waals surface area contributed by atoms with Crippen LogP contribution in [0.25, 0.3) is 0 Å². The molecule has 0 radical (unpaired) electrons. The van der Waals surface area contributed by atoms with Gasteiger partial charge in [-0.1, -0.05) is 48.0 Å². The molecule has 0 spiro atoms. The van der Waals surface area contributed by atoms with Gasteiger partial charge in [-0.05, 0) is 55.1 Å². The third-order valence-electron chi connectivity index (χ3n) is 4.04. The maximum atomic E-state index is 6.41. The number of fused-ring (bicyclic) bond motifs is 1. The van der Waals surface area contributed by atoms with Crippen LogP contribution in [-0.2, 0) is 19.3 Å². The zero-order valence-corrected chi connectivity index (χ0v) is 14.1. The van der Waals surface area contributed by atoms with E-state index in [0.29, 0.717) is 0 Å². The predicted octanol–water partition coefficient (Wildman–Crippen LogP) is 4.10. The van der Waals surface area contributed by atoms with Crippen LogP contribution in [0, 0.1) is 0 Å². The first-order valence-electron chi connectivity index (χ1n) is 7.63. The van der Waals surface area contributed by atoms with Crippen LogP contribution >= 0.6 is 24.0 Å². The topological polar surface area (TPSA) is 24.1 Å². The molecule has 0 saturated heterocycles. The number of rotatable bonds is 4. The van der Waals surface area contributed by atoms with Crippen molar-refractivity contribution in [3.05, 3.63) is 64.2 Å². The Bertz CT molecular complexity index is 600. The molecule has 1 aliphatic heterocycles. The van der Waals surface area contributed by atoms with Gasteiger partial charge in [0.25, 0.3) is 0 Å². The van der Waals surface area contributed by atoms with Gasteiger partial charge in [0.05, 0.1) is 10.7 Å². The minimum absolute atomic E-state index is 0. The van der Waals surface area contributed by atoms with E-state index in [9.17, 15) is 0 Å². The predicted molar refractivity (Wildman–Crippen MR) is 97.6 cm³/mol. The summed E-state index contributed by atoms with van der Waals surface area (Å²) >= 11 is 6.41. The molecule has 1 heterocycles. The maximum Gasteiger partial charge on any atom is 0.0640 e. The van der Waals surface area contributed by atoms with Crippen LogP contribution in [0.1, 0.15) is 16.7 Å². The molecule has 0 bridgehead atoms. The van der Waals surface area contributed by atoms with Crippen molar-refractivity contribution in [3.8, 4) is 0 Å². The van der Waals surface area contributed by atoms with Crippen LogP contribution in [0.5, 0.6) is 0 Å². The highest BCUT2D eigenvalue weighted by molar-refractivity contribution is 6.33. The average Bonchev–Trinajstić information content (AvgIpc) is 2.76. The van der Waals surface area contributed by atoms with Gasteiger partial charge in [-0.2, -0.15) is 0 Å². The number of halogens is 2. The lowest BCUT2D eigenvalue weighted by Gasteiger charge is -2.16. The lowest BCUT2D eigenvalue weighted by molar-refractivity contribution is 0.711. The summed E-state index contributed by atoms with van der Waals surface area (Å²) < 4.78 is 0. The Morgan fingerprint density at radius 3 is 2.59 bits per heavy atom. The summed E-state index contributed by atoms with van der Waals surface area (Å²) in [5.41, 5.74) is 5.30. The van der Waals surface area contributed by atoms with Crippen LogP contribution < -0.4 is 10.6 Å². The second-order valence-electron chi connectivity index (χ2n) is 5.47. The standard InChI is InChI=1S/C18H21ClN2.ClH/c19-17-7-6-15-9-11-20-12-10-16(15)18(17)21-13-8-14-4-2-1-3-5-14;/h1-7,20-21H,8-13H2;1H. The van der Waals surface area contributed by atoms with E-state index in [1.807, 2.05) is 6.07 Å². The summed E-state index contributed by atoms with van der Waals surface area (Å²) in [6.45, 7) is 2.99. The second-order valence-corrected chi connectivity index (χ2v) is 5.88. The zero-order chi connectivity index (χ0) is 14.5. The summed E-state index contributed by atoms with van der Waals surface area (Å²) in [6, 6.07) is 14.8. The highest BCUT2D eigenvalue weighted by atomic mass is 35.5. The van der Waals surface area contributed by atoms with Crippen molar-refractivity contribution in [2.45, 2.75) is 19.3 Å². The molecule has 3 rings (SSSR count). The van der Waals surface area contributed by atoms with Crippen molar-refractivity contribution in [2.24, 2.45) is 0 Å². The lowest BCUT2D eigenvalue weighted by Crippen LogP contribution is -2.16. The lowest BCUT2D eigenvalue weighted by atomic mass is 10.0. The van der Waals surface area contributed by atoms with E-state index in [0.717, 1.165) is 49.6 Å². The third kappa shape index (κ3) is 4.16. The Balaban J connectivity index is 0.00000176. The molecule has 0 amide bonds. The Labute approximate surface area is 143 Å². The summed E-state index contributed by atoms with van der Waals surface area (Å²) in [4.78, 5) is 0. The number of hydrogen-bond acceptors (Lipinski definition) is 2. The van der Waals surface area contributed by atoms with Crippen molar-refractivity contribution >= 4 is 29.7 Å². The van der Waals surface area contributed by atoms with Gasteiger partial charge in [-0.25, -0.2) is 0 Å². The molecule has 1 aliphatic rings. The van der Waals surface area contributed by atoms with Gasteiger partial charge in [-0.15, -0.1) is 12.4 Å². The van der Waals surface area contributed by atoms with Crippen molar-refractivity contribution in [2.75, 3.05) is 25.0 Å². The summed E-state index contributed by atoms with van der Waals surface area (Å²) in [5, 5.41) is 7.85. The van der Waals surface area contributed by atoms with Crippen LogP contribution in [-0.4, -0.2) is 19.6 Å². The number of anilines is 1. The monoisotopic (exact) mass is 336 g/mol. The van der Waals surface area contributed by atoms with Crippen LogP contribution in [0.4, 0.5) is 5.69 Å². The molecular weight excluding hydrogens is 315 g/mol. The van der Waals surface area contributed by atoms with E-state index in [4.69, 9.17) is 11.6 Å². The number of benzene rings is 2. The molecule has 0 aromatic heterocycles. The Hall–Kier alpha value is -1.22. The summed E-state index contributed by atoms with van der Waals surface area (Å²) in [7, 11) is 0. The first-order valence-corrected chi connectivity index (χ1v) is 8.01. The van der Waals surface area contributed by atoms with E-state index in [2.05, 4.69) is 47.0 Å². The molecule has 2 aromatic carbocycles. The molecule has 0 atom stereocenters.